The molecule has 0 bridgehead atoms. The van der Waals surface area contributed by atoms with Crippen LogP contribution in [0, 0.1) is 5.92 Å². The van der Waals surface area contributed by atoms with Gasteiger partial charge in [-0.1, -0.05) is 25.2 Å². The molecule has 0 radical (unpaired) electrons. The van der Waals surface area contributed by atoms with E-state index in [0.717, 1.165) is 7.11 Å². The first-order chi connectivity index (χ1) is 17.5. The van der Waals surface area contributed by atoms with E-state index in [4.69, 9.17) is 24.3 Å². The Bertz CT molecular complexity index is 1140. The summed E-state index contributed by atoms with van der Waals surface area (Å²) in [6, 6.07) is 0. The lowest BCUT2D eigenvalue weighted by Crippen LogP contribution is -2.58. The number of aliphatic imine (C=N–C) groups is 1. The highest BCUT2D eigenvalue weighted by Crippen LogP contribution is 2.48. The van der Waals surface area contributed by atoms with Gasteiger partial charge in [-0.25, -0.2) is 24.0 Å². The molecule has 0 amide bonds. The van der Waals surface area contributed by atoms with Crippen molar-refractivity contribution in [2.24, 2.45) is 10.9 Å². The number of halogens is 1. The molecule has 0 aromatic carbocycles. The minimum Gasteiger partial charge on any atom is -0.476 e. The predicted molar refractivity (Wildman–Crippen MR) is 137 cm³/mol. The largest absolute Gasteiger partial charge is 0.476 e. The third-order valence-corrected chi connectivity index (χ3v) is 7.61. The quantitative estimate of drug-likeness (QED) is 0.335. The molecule has 2 heterocycles. The third-order valence-electron chi connectivity index (χ3n) is 6.14. The summed E-state index contributed by atoms with van der Waals surface area (Å²) in [7, 11) is -1.47. The molecule has 0 spiro atoms. The predicted octanol–water partition coefficient (Wildman–Crippen LogP) is 3.35. The fourth-order valence-corrected chi connectivity index (χ4v) is 4.69. The Morgan fingerprint density at radius 2 is 2.14 bits per heavy atom. The van der Waals surface area contributed by atoms with E-state index in [9.17, 15) is 9.67 Å². The van der Waals surface area contributed by atoms with Crippen molar-refractivity contribution in [3.8, 4) is 5.88 Å². The van der Waals surface area contributed by atoms with E-state index in [0.29, 0.717) is 24.4 Å². The topological polar surface area (TPSA) is 154 Å². The van der Waals surface area contributed by atoms with Gasteiger partial charge in [-0.3, -0.25) is 4.52 Å². The Labute approximate surface area is 215 Å². The molecule has 3 rings (SSSR count). The summed E-state index contributed by atoms with van der Waals surface area (Å²) in [5.74, 6) is -3.34. The van der Waals surface area contributed by atoms with Gasteiger partial charge in [0, 0.05) is 7.11 Å². The molecule has 204 valence electrons. The van der Waals surface area contributed by atoms with Crippen LogP contribution in [0.4, 0.5) is 16.0 Å². The van der Waals surface area contributed by atoms with E-state index in [1.54, 1.807) is 25.2 Å². The van der Waals surface area contributed by atoms with Crippen molar-refractivity contribution in [1.29, 1.82) is 0 Å². The van der Waals surface area contributed by atoms with Crippen LogP contribution in [0.25, 0.3) is 0 Å². The van der Waals surface area contributed by atoms with E-state index in [1.807, 2.05) is 12.2 Å². The summed E-state index contributed by atoms with van der Waals surface area (Å²) >= 11 is 0. The molecule has 0 saturated carbocycles. The highest BCUT2D eigenvalue weighted by atomic mass is 31.2. The van der Waals surface area contributed by atoms with Crippen LogP contribution in [-0.2, 0) is 24.9 Å². The average molecular weight is 541 g/mol. The van der Waals surface area contributed by atoms with Crippen molar-refractivity contribution in [3.05, 3.63) is 41.8 Å². The fourth-order valence-electron chi connectivity index (χ4n) is 3.67. The van der Waals surface area contributed by atoms with Gasteiger partial charge < -0.3 is 29.7 Å². The van der Waals surface area contributed by atoms with Crippen molar-refractivity contribution in [2.75, 3.05) is 33.1 Å². The second kappa shape index (κ2) is 11.7. The number of hydrogen-bond acceptors (Lipinski definition) is 11. The standard InChI is InChI=1S/C23H34FN6O6P/c1-6-34-20-19-18(28-21(25)29-20)13-30(15-27-19)22(3,31)16(2)23(24,33-5)14-35-37(32,26-4)36-17-11-9-7-8-10-12-17/h7,9-12,15-16,31H,6,8,13-14H2,1-5H3,(H,26,32)(H2,25,28,29)/t16-,22+,23+,37?/m0/s1. The van der Waals surface area contributed by atoms with Gasteiger partial charge in [0.05, 0.1) is 31.1 Å². The number of alkyl halides is 1. The van der Waals surface area contributed by atoms with Crippen molar-refractivity contribution in [2.45, 2.75) is 45.3 Å². The molecule has 0 saturated heterocycles. The van der Waals surface area contributed by atoms with Crippen molar-refractivity contribution < 1.29 is 32.6 Å². The lowest BCUT2D eigenvalue weighted by molar-refractivity contribution is -0.244. The second-order valence-electron chi connectivity index (χ2n) is 8.51. The number of methoxy groups -OCH3 is 1. The molecule has 4 atom stereocenters. The van der Waals surface area contributed by atoms with Crippen LogP contribution in [0.2, 0.25) is 0 Å². The van der Waals surface area contributed by atoms with E-state index in [-0.39, 0.29) is 24.1 Å². The van der Waals surface area contributed by atoms with Crippen LogP contribution in [0.5, 0.6) is 5.88 Å². The van der Waals surface area contributed by atoms with Crippen molar-refractivity contribution >= 4 is 25.7 Å². The van der Waals surface area contributed by atoms with Crippen LogP contribution >= 0.6 is 7.75 Å². The summed E-state index contributed by atoms with van der Waals surface area (Å²) in [4.78, 5) is 13.9. The first-order valence-electron chi connectivity index (χ1n) is 11.7. The molecule has 2 aliphatic rings. The zero-order valence-electron chi connectivity index (χ0n) is 21.5. The molecule has 4 N–H and O–H groups in total. The van der Waals surface area contributed by atoms with Gasteiger partial charge in [-0.2, -0.15) is 4.98 Å². The number of aromatic nitrogens is 2. The van der Waals surface area contributed by atoms with Crippen molar-refractivity contribution in [3.63, 3.8) is 0 Å². The smallest absolute Gasteiger partial charge is 0.458 e. The third kappa shape index (κ3) is 6.55. The maximum Gasteiger partial charge on any atom is 0.458 e. The normalized spacial score (nSPS) is 20.6. The molecule has 14 heteroatoms. The summed E-state index contributed by atoms with van der Waals surface area (Å²) < 4.78 is 50.8. The van der Waals surface area contributed by atoms with Crippen LogP contribution < -0.4 is 15.6 Å². The van der Waals surface area contributed by atoms with Gasteiger partial charge in [0.2, 0.25) is 17.7 Å². The van der Waals surface area contributed by atoms with Gasteiger partial charge in [-0.05, 0) is 39.5 Å². The number of rotatable bonds is 12. The van der Waals surface area contributed by atoms with Crippen LogP contribution in [0.15, 0.2) is 41.1 Å². The van der Waals surface area contributed by atoms with E-state index < -0.39 is 31.9 Å². The molecular formula is C23H34FN6O6P. The molecule has 1 unspecified atom stereocenters. The van der Waals surface area contributed by atoms with Crippen LogP contribution in [0.1, 0.15) is 32.9 Å². The number of aliphatic hydroxyl groups is 1. The molecule has 0 fully saturated rings. The number of anilines is 1. The highest BCUT2D eigenvalue weighted by Gasteiger charge is 2.51. The summed E-state index contributed by atoms with van der Waals surface area (Å²) in [6.07, 6.45) is 10.7. The molecule has 12 nitrogen and oxygen atoms in total. The summed E-state index contributed by atoms with van der Waals surface area (Å²) in [5.41, 5.74) is 4.72. The van der Waals surface area contributed by atoms with Gasteiger partial charge in [0.1, 0.15) is 18.1 Å². The van der Waals surface area contributed by atoms with Gasteiger partial charge >= 0.3 is 7.75 Å². The molecule has 1 aliphatic heterocycles. The number of allylic oxidation sites excluding steroid dienone is 5. The van der Waals surface area contributed by atoms with E-state index in [1.165, 1.54) is 32.1 Å². The summed E-state index contributed by atoms with van der Waals surface area (Å²) in [5, 5.41) is 13.9. The zero-order valence-corrected chi connectivity index (χ0v) is 22.4. The number of nitrogens with one attached hydrogen (secondary N) is 1. The molecular weight excluding hydrogens is 506 g/mol. The van der Waals surface area contributed by atoms with Gasteiger partial charge in [-0.15, -0.1) is 0 Å². The monoisotopic (exact) mass is 540 g/mol. The zero-order chi connectivity index (χ0) is 27.3. The Morgan fingerprint density at radius 1 is 1.38 bits per heavy atom. The maximum absolute atomic E-state index is 16.1. The van der Waals surface area contributed by atoms with Crippen LogP contribution in [-0.4, -0.2) is 65.3 Å². The molecule has 1 aromatic rings. The number of nitrogens with two attached hydrogens (primary N) is 1. The Balaban J connectivity index is 1.77. The number of hydrogen-bond donors (Lipinski definition) is 3. The SMILES string of the molecule is CCOc1nc(N)nc2c1N=CN([C@](C)(O)[C@H](C)[C@@](F)(COP(=O)(NC)OC1=CC=CCC=C1)OC)C2. The van der Waals surface area contributed by atoms with Crippen LogP contribution in [0.3, 0.4) is 0 Å². The average Bonchev–Trinajstić information content (AvgIpc) is 3.15. The fraction of sp³-hybridized carbons (Fsp3) is 0.522. The first kappa shape index (κ1) is 28.7. The lowest BCUT2D eigenvalue weighted by Gasteiger charge is -2.45. The Morgan fingerprint density at radius 3 is 2.81 bits per heavy atom. The molecule has 1 aromatic heterocycles. The van der Waals surface area contributed by atoms with E-state index >= 15 is 4.39 Å². The number of nitrogens with zero attached hydrogens (tertiary/aromatic N) is 4. The lowest BCUT2D eigenvalue weighted by atomic mass is 9.90. The van der Waals surface area contributed by atoms with Gasteiger partial charge in [0.25, 0.3) is 0 Å². The number of fused-ring (bicyclic) bond motifs is 1. The first-order valence-corrected chi connectivity index (χ1v) is 13.3. The Kier molecular flexibility index (Phi) is 9.09. The Hall–Kier alpha value is -2.83. The maximum atomic E-state index is 16.1. The molecule has 1 aliphatic carbocycles. The summed E-state index contributed by atoms with van der Waals surface area (Å²) in [6.45, 7) is 4.20. The second-order valence-corrected chi connectivity index (χ2v) is 10.4. The highest BCUT2D eigenvalue weighted by molar-refractivity contribution is 7.51. The van der Waals surface area contributed by atoms with E-state index in [2.05, 4.69) is 20.0 Å². The minimum atomic E-state index is -3.97. The number of nitrogen functional groups attached to an aromatic ring is 1. The van der Waals surface area contributed by atoms with Crippen molar-refractivity contribution in [1.82, 2.24) is 20.0 Å². The molecule has 37 heavy (non-hydrogen) atoms. The minimum absolute atomic E-state index is 0.0194. The number of ether oxygens (including phenoxy) is 2. The van der Waals surface area contributed by atoms with Gasteiger partial charge in [0.15, 0.2) is 5.69 Å².